The van der Waals surface area contributed by atoms with E-state index in [1.54, 1.807) is 27.7 Å². The summed E-state index contributed by atoms with van der Waals surface area (Å²) in [5.41, 5.74) is -1.29. The summed E-state index contributed by atoms with van der Waals surface area (Å²) in [4.78, 5) is 47.0. The highest BCUT2D eigenvalue weighted by molar-refractivity contribution is 5.83. The number of rotatable bonds is 12. The molecule has 8 nitrogen and oxygen atoms in total. The van der Waals surface area contributed by atoms with Crippen LogP contribution in [0.3, 0.4) is 0 Å². The molecule has 160 valence electrons. The topological polar surface area (TPSA) is 105 Å². The van der Waals surface area contributed by atoms with Crippen LogP contribution < -0.4 is 0 Å². The molecule has 0 aromatic heterocycles. The lowest BCUT2D eigenvalue weighted by Crippen LogP contribution is -2.43. The Labute approximate surface area is 170 Å². The summed E-state index contributed by atoms with van der Waals surface area (Å²) in [6, 6.07) is 0. The first-order chi connectivity index (χ1) is 13.8. The van der Waals surface area contributed by atoms with Gasteiger partial charge in [-0.25, -0.2) is 19.2 Å². The molecule has 0 aliphatic carbocycles. The Hall–Kier alpha value is -3.16. The van der Waals surface area contributed by atoms with Crippen molar-refractivity contribution in [3.05, 3.63) is 48.6 Å². The molecule has 0 saturated carbocycles. The fourth-order valence-electron chi connectivity index (χ4n) is 1.88. The molecule has 0 bridgehead atoms. The number of hydrogen-bond acceptors (Lipinski definition) is 8. The molecular weight excluding hydrogens is 380 g/mol. The molecule has 0 aromatic carbocycles. The number of carbonyl (C=O) groups excluding carboxylic acids is 4. The van der Waals surface area contributed by atoms with E-state index in [1.165, 1.54) is 48.6 Å². The van der Waals surface area contributed by atoms with Crippen LogP contribution in [0.2, 0.25) is 0 Å². The van der Waals surface area contributed by atoms with Crippen molar-refractivity contribution < 1.29 is 38.1 Å². The quantitative estimate of drug-likeness (QED) is 0.275. The molecule has 0 unspecified atom stereocenters. The van der Waals surface area contributed by atoms with Gasteiger partial charge in [0.05, 0.1) is 0 Å². The zero-order valence-corrected chi connectivity index (χ0v) is 17.2. The Morgan fingerprint density at radius 3 is 0.897 bits per heavy atom. The molecule has 0 N–H and O–H groups in total. The molecule has 0 radical (unpaired) electrons. The largest absolute Gasteiger partial charge is 0.462 e. The van der Waals surface area contributed by atoms with Gasteiger partial charge in [0, 0.05) is 24.3 Å². The predicted molar refractivity (Wildman–Crippen MR) is 106 cm³/mol. The predicted octanol–water partition coefficient (Wildman–Crippen LogP) is 2.45. The molecule has 0 aliphatic rings. The van der Waals surface area contributed by atoms with Crippen molar-refractivity contribution in [3.8, 4) is 0 Å². The maximum atomic E-state index is 11.7. The third-order valence-electron chi connectivity index (χ3n) is 3.29. The Balaban J connectivity index is 5.57. The second-order valence-electron chi connectivity index (χ2n) is 5.93. The third kappa shape index (κ3) is 12.0. The van der Waals surface area contributed by atoms with Gasteiger partial charge in [0.1, 0.15) is 31.8 Å². The molecule has 29 heavy (non-hydrogen) atoms. The van der Waals surface area contributed by atoms with Crippen molar-refractivity contribution in [3.63, 3.8) is 0 Å². The minimum absolute atomic E-state index is 0.314. The molecule has 0 saturated heterocycles. The highest BCUT2D eigenvalue weighted by Crippen LogP contribution is 2.22. The fraction of sp³-hybridized carbons (Fsp3) is 0.429. The second kappa shape index (κ2) is 14.8. The maximum Gasteiger partial charge on any atom is 0.330 e. The summed E-state index contributed by atoms with van der Waals surface area (Å²) in [6.07, 6.45) is 10.8. The average molecular weight is 408 g/mol. The van der Waals surface area contributed by atoms with E-state index in [4.69, 9.17) is 18.9 Å². The van der Waals surface area contributed by atoms with Gasteiger partial charge in [-0.05, 0) is 27.7 Å². The molecule has 0 heterocycles. The van der Waals surface area contributed by atoms with Gasteiger partial charge in [-0.2, -0.15) is 0 Å². The Morgan fingerprint density at radius 2 is 0.724 bits per heavy atom. The van der Waals surface area contributed by atoms with Gasteiger partial charge in [0.25, 0.3) is 0 Å². The van der Waals surface area contributed by atoms with Crippen LogP contribution in [-0.2, 0) is 38.1 Å². The number of allylic oxidation sites excluding steroid dienone is 4. The first-order valence-corrected chi connectivity index (χ1v) is 9.00. The van der Waals surface area contributed by atoms with Crippen molar-refractivity contribution >= 4 is 23.9 Å². The molecule has 0 fully saturated rings. The number of esters is 4. The van der Waals surface area contributed by atoms with E-state index >= 15 is 0 Å². The van der Waals surface area contributed by atoms with Gasteiger partial charge in [-0.15, -0.1) is 0 Å². The van der Waals surface area contributed by atoms with E-state index in [-0.39, 0.29) is 26.4 Å². The Kier molecular flexibility index (Phi) is 13.2. The van der Waals surface area contributed by atoms with E-state index < -0.39 is 29.3 Å². The molecule has 0 atom stereocenters. The first kappa shape index (κ1) is 25.8. The smallest absolute Gasteiger partial charge is 0.330 e. The van der Waals surface area contributed by atoms with E-state index in [2.05, 4.69) is 0 Å². The molecule has 0 rings (SSSR count). The maximum absolute atomic E-state index is 11.7. The van der Waals surface area contributed by atoms with Crippen molar-refractivity contribution in [1.29, 1.82) is 0 Å². The normalized spacial score (nSPS) is 12.0. The van der Waals surface area contributed by atoms with Gasteiger partial charge in [0.15, 0.2) is 0 Å². The Morgan fingerprint density at radius 1 is 0.517 bits per heavy atom. The van der Waals surface area contributed by atoms with Crippen molar-refractivity contribution in [2.75, 3.05) is 26.4 Å². The van der Waals surface area contributed by atoms with Crippen LogP contribution in [0.5, 0.6) is 0 Å². The minimum atomic E-state index is -1.29. The summed E-state index contributed by atoms with van der Waals surface area (Å²) in [7, 11) is 0. The average Bonchev–Trinajstić information content (AvgIpc) is 2.68. The van der Waals surface area contributed by atoms with Gasteiger partial charge in [-0.3, -0.25) is 0 Å². The minimum Gasteiger partial charge on any atom is -0.462 e. The molecular formula is C21H28O8. The zero-order chi connectivity index (χ0) is 22.1. The third-order valence-corrected chi connectivity index (χ3v) is 3.29. The lowest BCUT2D eigenvalue weighted by atomic mass is 9.92. The summed E-state index contributed by atoms with van der Waals surface area (Å²) in [5.74, 6) is -2.57. The molecule has 8 heteroatoms. The van der Waals surface area contributed by atoms with E-state index in [0.29, 0.717) is 0 Å². The van der Waals surface area contributed by atoms with Crippen molar-refractivity contribution in [2.24, 2.45) is 5.41 Å². The number of hydrogen-bond donors (Lipinski definition) is 0. The van der Waals surface area contributed by atoms with Crippen molar-refractivity contribution in [1.82, 2.24) is 0 Å². The van der Waals surface area contributed by atoms with E-state index in [1.807, 2.05) is 0 Å². The Bertz CT molecular complexity index is 553. The van der Waals surface area contributed by atoms with Crippen LogP contribution in [0, 0.1) is 5.41 Å². The lowest BCUT2D eigenvalue weighted by molar-refractivity contribution is -0.164. The van der Waals surface area contributed by atoms with E-state index in [0.717, 1.165) is 0 Å². The summed E-state index contributed by atoms with van der Waals surface area (Å²) < 4.78 is 20.7. The molecule has 0 aliphatic heterocycles. The highest BCUT2D eigenvalue weighted by Gasteiger charge is 2.37. The van der Waals surface area contributed by atoms with Gasteiger partial charge in [0.2, 0.25) is 0 Å². The van der Waals surface area contributed by atoms with Gasteiger partial charge < -0.3 is 18.9 Å². The summed E-state index contributed by atoms with van der Waals surface area (Å²) in [6.45, 7) is 5.32. The first-order valence-electron chi connectivity index (χ1n) is 9.00. The lowest BCUT2D eigenvalue weighted by Gasteiger charge is -2.31. The van der Waals surface area contributed by atoms with Crippen molar-refractivity contribution in [2.45, 2.75) is 27.7 Å². The zero-order valence-electron chi connectivity index (χ0n) is 17.2. The summed E-state index contributed by atoms with van der Waals surface area (Å²) >= 11 is 0. The molecule has 0 aromatic rings. The second-order valence-corrected chi connectivity index (χ2v) is 5.93. The monoisotopic (exact) mass is 408 g/mol. The SMILES string of the molecule is C/C=C\C(=O)OCC(COC(=O)/C=C\C)(COC(=O)/C=C\C)COC(=O)/C=C\C. The van der Waals surface area contributed by atoms with Crippen LogP contribution in [0.15, 0.2) is 48.6 Å². The van der Waals surface area contributed by atoms with Crippen LogP contribution in [0.1, 0.15) is 27.7 Å². The molecule has 0 spiro atoms. The molecule has 0 amide bonds. The highest BCUT2D eigenvalue weighted by atomic mass is 16.6. The van der Waals surface area contributed by atoms with Crippen LogP contribution in [-0.4, -0.2) is 50.3 Å². The summed E-state index contributed by atoms with van der Waals surface area (Å²) in [5, 5.41) is 0. The number of carbonyl (C=O) groups is 4. The van der Waals surface area contributed by atoms with E-state index in [9.17, 15) is 19.2 Å². The number of ether oxygens (including phenoxy) is 4. The standard InChI is InChI=1S/C21H28O8/c1-5-9-17(22)26-13-21(14-27-18(23)10-6-2,15-28-19(24)11-7-3)16-29-20(25)12-8-4/h5-12H,13-16H2,1-4H3/b9-5-,10-6-,11-7-,12-8-. The van der Waals surface area contributed by atoms with Crippen LogP contribution in [0.4, 0.5) is 0 Å². The van der Waals surface area contributed by atoms with Gasteiger partial charge in [-0.1, -0.05) is 24.3 Å². The van der Waals surface area contributed by atoms with Crippen LogP contribution >= 0.6 is 0 Å². The van der Waals surface area contributed by atoms with Gasteiger partial charge >= 0.3 is 23.9 Å². The van der Waals surface area contributed by atoms with Crippen LogP contribution in [0.25, 0.3) is 0 Å². The fourth-order valence-corrected chi connectivity index (χ4v) is 1.88.